The molecule has 124 valence electrons. The first-order chi connectivity index (χ1) is 11.1. The minimum absolute atomic E-state index is 0.0316. The molecule has 2 fully saturated rings. The van der Waals surface area contributed by atoms with Gasteiger partial charge in [0, 0.05) is 30.9 Å². The van der Waals surface area contributed by atoms with Crippen LogP contribution in [0.2, 0.25) is 0 Å². The predicted molar refractivity (Wildman–Crippen MR) is 91.5 cm³/mol. The summed E-state index contributed by atoms with van der Waals surface area (Å²) in [5.41, 5.74) is 1.70. The molecule has 2 aliphatic heterocycles. The summed E-state index contributed by atoms with van der Waals surface area (Å²) in [4.78, 5) is 27.9. The molecule has 2 amide bonds. The highest BCUT2D eigenvalue weighted by Crippen LogP contribution is 2.23. The number of nitrogens with zero attached hydrogens (tertiary/aromatic N) is 2. The van der Waals surface area contributed by atoms with Crippen molar-refractivity contribution in [1.29, 1.82) is 0 Å². The maximum atomic E-state index is 12.2. The van der Waals surface area contributed by atoms with Crippen molar-refractivity contribution >= 4 is 23.2 Å². The Labute approximate surface area is 137 Å². The molecule has 2 heterocycles. The van der Waals surface area contributed by atoms with E-state index in [1.165, 1.54) is 12.8 Å². The lowest BCUT2D eigenvalue weighted by Gasteiger charge is -2.30. The van der Waals surface area contributed by atoms with Gasteiger partial charge in [0.25, 0.3) is 0 Å². The van der Waals surface area contributed by atoms with Gasteiger partial charge in [-0.25, -0.2) is 0 Å². The lowest BCUT2D eigenvalue weighted by molar-refractivity contribution is -0.118. The molecule has 5 heteroatoms. The molecular weight excluding hydrogens is 290 g/mol. The number of anilines is 2. The fraction of sp³-hybridized carbons (Fsp3) is 0.556. The van der Waals surface area contributed by atoms with Crippen LogP contribution in [0.5, 0.6) is 0 Å². The number of rotatable bonds is 4. The van der Waals surface area contributed by atoms with Crippen LogP contribution in [-0.4, -0.2) is 42.9 Å². The maximum absolute atomic E-state index is 12.2. The Hall–Kier alpha value is -1.88. The number of amides is 2. The van der Waals surface area contributed by atoms with Crippen LogP contribution in [0.15, 0.2) is 24.3 Å². The second kappa shape index (κ2) is 7.13. The van der Waals surface area contributed by atoms with Crippen molar-refractivity contribution in [1.82, 2.24) is 4.90 Å². The third-order valence-corrected chi connectivity index (χ3v) is 4.64. The Kier molecular flexibility index (Phi) is 4.96. The second-order valence-corrected chi connectivity index (χ2v) is 6.73. The van der Waals surface area contributed by atoms with E-state index in [9.17, 15) is 9.59 Å². The Morgan fingerprint density at radius 2 is 2.00 bits per heavy atom. The van der Waals surface area contributed by atoms with Gasteiger partial charge in [0.1, 0.15) is 0 Å². The van der Waals surface area contributed by atoms with Gasteiger partial charge >= 0.3 is 0 Å². The molecule has 0 aromatic heterocycles. The maximum Gasteiger partial charge on any atom is 0.238 e. The summed E-state index contributed by atoms with van der Waals surface area (Å²) >= 11 is 0. The number of nitrogens with one attached hydrogen (secondary N) is 1. The molecule has 0 spiro atoms. The van der Waals surface area contributed by atoms with Crippen LogP contribution in [0.25, 0.3) is 0 Å². The quantitative estimate of drug-likeness (QED) is 0.929. The summed E-state index contributed by atoms with van der Waals surface area (Å²) in [7, 11) is 0. The summed E-state index contributed by atoms with van der Waals surface area (Å²) < 4.78 is 0. The Bertz CT molecular complexity index is 570. The molecule has 5 nitrogen and oxygen atoms in total. The van der Waals surface area contributed by atoms with Gasteiger partial charge in [0.2, 0.25) is 11.8 Å². The van der Waals surface area contributed by atoms with Crippen LogP contribution in [-0.2, 0) is 9.59 Å². The first-order valence-corrected chi connectivity index (χ1v) is 8.54. The van der Waals surface area contributed by atoms with Gasteiger partial charge in [0.15, 0.2) is 0 Å². The highest BCUT2D eigenvalue weighted by molar-refractivity contribution is 5.96. The summed E-state index contributed by atoms with van der Waals surface area (Å²) in [5.74, 6) is 0.888. The van der Waals surface area contributed by atoms with Crippen LogP contribution in [0, 0.1) is 5.92 Å². The van der Waals surface area contributed by atoms with Crippen LogP contribution >= 0.6 is 0 Å². The van der Waals surface area contributed by atoms with Gasteiger partial charge in [-0.2, -0.15) is 0 Å². The molecule has 23 heavy (non-hydrogen) atoms. The zero-order valence-electron chi connectivity index (χ0n) is 13.8. The SMILES string of the molecule is CC1CCCN(CC(=O)Nc2ccc(N3CCCC3=O)cc2)C1. The van der Waals surface area contributed by atoms with Crippen molar-refractivity contribution in [3.63, 3.8) is 0 Å². The summed E-state index contributed by atoms with van der Waals surface area (Å²) in [6, 6.07) is 7.55. The van der Waals surface area contributed by atoms with E-state index >= 15 is 0 Å². The molecule has 0 saturated carbocycles. The van der Waals surface area contributed by atoms with Gasteiger partial charge in [-0.15, -0.1) is 0 Å². The standard InChI is InChI=1S/C18H25N3O2/c1-14-4-2-10-20(12-14)13-17(22)19-15-6-8-16(9-7-15)21-11-3-5-18(21)23/h6-9,14H,2-5,10-13H2,1H3,(H,19,22). The molecule has 1 aromatic rings. The molecule has 0 bridgehead atoms. The molecular formula is C18H25N3O2. The van der Waals surface area contributed by atoms with E-state index in [2.05, 4.69) is 17.1 Å². The minimum Gasteiger partial charge on any atom is -0.325 e. The normalized spacial score (nSPS) is 22.4. The number of carbonyl (C=O) groups excluding carboxylic acids is 2. The minimum atomic E-state index is 0.0316. The van der Waals surface area contributed by atoms with Crippen LogP contribution in [0.1, 0.15) is 32.6 Å². The summed E-state index contributed by atoms with van der Waals surface area (Å²) in [6.45, 7) is 5.49. The predicted octanol–water partition coefficient (Wildman–Crippen LogP) is 2.48. The molecule has 0 aliphatic carbocycles. The van der Waals surface area contributed by atoms with E-state index in [0.717, 1.165) is 37.4 Å². The smallest absolute Gasteiger partial charge is 0.238 e. The highest BCUT2D eigenvalue weighted by atomic mass is 16.2. The third-order valence-electron chi connectivity index (χ3n) is 4.64. The van der Waals surface area contributed by atoms with Gasteiger partial charge in [-0.1, -0.05) is 6.92 Å². The fourth-order valence-electron chi connectivity index (χ4n) is 3.48. The Morgan fingerprint density at radius 1 is 1.22 bits per heavy atom. The van der Waals surface area contributed by atoms with Crippen molar-refractivity contribution < 1.29 is 9.59 Å². The lowest BCUT2D eigenvalue weighted by atomic mass is 10.0. The fourth-order valence-corrected chi connectivity index (χ4v) is 3.48. The zero-order chi connectivity index (χ0) is 16.2. The average Bonchev–Trinajstić information content (AvgIpc) is 2.94. The Morgan fingerprint density at radius 3 is 2.65 bits per heavy atom. The Balaban J connectivity index is 1.53. The highest BCUT2D eigenvalue weighted by Gasteiger charge is 2.22. The molecule has 2 saturated heterocycles. The number of likely N-dealkylation sites (tertiary alicyclic amines) is 1. The third kappa shape index (κ3) is 4.10. The monoisotopic (exact) mass is 315 g/mol. The van der Waals surface area contributed by atoms with Crippen molar-refractivity contribution in [3.8, 4) is 0 Å². The van der Waals surface area contributed by atoms with E-state index < -0.39 is 0 Å². The molecule has 1 aromatic carbocycles. The molecule has 1 N–H and O–H groups in total. The molecule has 1 unspecified atom stereocenters. The van der Waals surface area contributed by atoms with Gasteiger partial charge in [-0.3, -0.25) is 14.5 Å². The van der Waals surface area contributed by atoms with Crippen LogP contribution in [0.4, 0.5) is 11.4 Å². The second-order valence-electron chi connectivity index (χ2n) is 6.73. The zero-order valence-corrected chi connectivity index (χ0v) is 13.8. The molecule has 3 rings (SSSR count). The van der Waals surface area contributed by atoms with Gasteiger partial charge in [0.05, 0.1) is 6.54 Å². The van der Waals surface area contributed by atoms with Crippen molar-refractivity contribution in [2.24, 2.45) is 5.92 Å². The first kappa shape index (κ1) is 16.0. The van der Waals surface area contributed by atoms with E-state index in [1.54, 1.807) is 4.90 Å². The molecule has 1 atom stereocenters. The lowest BCUT2D eigenvalue weighted by Crippen LogP contribution is -2.39. The molecule has 0 radical (unpaired) electrons. The first-order valence-electron chi connectivity index (χ1n) is 8.54. The van der Waals surface area contributed by atoms with Crippen molar-refractivity contribution in [2.45, 2.75) is 32.6 Å². The number of carbonyl (C=O) groups is 2. The summed E-state index contributed by atoms with van der Waals surface area (Å²) in [5, 5.41) is 2.95. The number of hydrogen-bond acceptors (Lipinski definition) is 3. The van der Waals surface area contributed by atoms with Crippen molar-refractivity contribution in [3.05, 3.63) is 24.3 Å². The van der Waals surface area contributed by atoms with E-state index in [-0.39, 0.29) is 11.8 Å². The topological polar surface area (TPSA) is 52.7 Å². The molecule has 2 aliphatic rings. The van der Waals surface area contributed by atoms with E-state index in [4.69, 9.17) is 0 Å². The number of piperidine rings is 1. The van der Waals surface area contributed by atoms with Gasteiger partial charge < -0.3 is 10.2 Å². The van der Waals surface area contributed by atoms with Crippen LogP contribution < -0.4 is 10.2 Å². The van der Waals surface area contributed by atoms with Crippen molar-refractivity contribution in [2.75, 3.05) is 36.4 Å². The average molecular weight is 315 g/mol. The van der Waals surface area contributed by atoms with Crippen LogP contribution in [0.3, 0.4) is 0 Å². The number of benzene rings is 1. The largest absolute Gasteiger partial charge is 0.325 e. The van der Waals surface area contributed by atoms with Gasteiger partial charge in [-0.05, 0) is 56.0 Å². The summed E-state index contributed by atoms with van der Waals surface area (Å²) in [6.07, 6.45) is 3.99. The van der Waals surface area contributed by atoms with E-state index in [0.29, 0.717) is 18.9 Å². The number of hydrogen-bond donors (Lipinski definition) is 1. The van der Waals surface area contributed by atoms with E-state index in [1.807, 2.05) is 24.3 Å².